The van der Waals surface area contributed by atoms with Crippen molar-refractivity contribution < 1.29 is 9.18 Å². The summed E-state index contributed by atoms with van der Waals surface area (Å²) in [5.41, 5.74) is 3.21. The molecule has 0 saturated carbocycles. The first-order chi connectivity index (χ1) is 14.4. The molecule has 4 aromatic rings. The second-order valence-corrected chi connectivity index (χ2v) is 7.52. The smallest absolute Gasteiger partial charge is 0.274 e. The van der Waals surface area contributed by atoms with Gasteiger partial charge in [-0.2, -0.15) is 10.2 Å². The molecule has 0 spiro atoms. The maximum atomic E-state index is 14.0. The zero-order valence-corrected chi connectivity index (χ0v) is 17.3. The van der Waals surface area contributed by atoms with Crippen LogP contribution in [0, 0.1) is 12.7 Å². The lowest BCUT2D eigenvalue weighted by Crippen LogP contribution is -2.13. The van der Waals surface area contributed by atoms with Crippen molar-refractivity contribution >= 4 is 34.9 Å². The molecule has 0 aliphatic carbocycles. The molecule has 2 aromatic heterocycles. The Balaban J connectivity index is 1.50. The Morgan fingerprint density at radius 3 is 2.67 bits per heavy atom. The van der Waals surface area contributed by atoms with Crippen LogP contribution in [0.15, 0.2) is 54.7 Å². The van der Waals surface area contributed by atoms with E-state index in [4.69, 9.17) is 23.2 Å². The zero-order valence-electron chi connectivity index (χ0n) is 15.8. The van der Waals surface area contributed by atoms with Crippen LogP contribution in [0.2, 0.25) is 10.0 Å². The Bertz CT molecular complexity index is 1200. The van der Waals surface area contributed by atoms with Crippen LogP contribution in [0.3, 0.4) is 0 Å². The molecule has 6 nitrogen and oxygen atoms in total. The number of nitrogens with one attached hydrogen (secondary N) is 2. The number of H-pyrrole nitrogens is 1. The second-order valence-electron chi connectivity index (χ2n) is 6.71. The minimum atomic E-state index is -0.447. The molecule has 0 atom stereocenters. The van der Waals surface area contributed by atoms with Crippen molar-refractivity contribution in [1.29, 1.82) is 0 Å². The van der Waals surface area contributed by atoms with Gasteiger partial charge in [0.15, 0.2) is 5.82 Å². The van der Waals surface area contributed by atoms with Gasteiger partial charge in [0, 0.05) is 22.3 Å². The van der Waals surface area contributed by atoms with Gasteiger partial charge < -0.3 is 5.32 Å². The maximum Gasteiger partial charge on any atom is 0.274 e. The average Bonchev–Trinajstić information content (AvgIpc) is 3.33. The number of nitrogens with zero attached hydrogens (tertiary/aromatic N) is 3. The van der Waals surface area contributed by atoms with Gasteiger partial charge in [-0.05, 0) is 25.1 Å². The molecule has 9 heteroatoms. The van der Waals surface area contributed by atoms with Gasteiger partial charge in [0.2, 0.25) is 0 Å². The van der Waals surface area contributed by atoms with E-state index in [1.165, 1.54) is 23.0 Å². The van der Waals surface area contributed by atoms with Crippen LogP contribution in [-0.2, 0) is 6.54 Å². The standard InChI is InChI=1S/C21H16Cl2FN5O/c1-12-5-7-13(8-6-12)18-9-19(27-26-18)21(30)25-20-16(23)11-29(28-20)10-14-15(22)3-2-4-17(14)24/h2-9,11H,10H2,1H3,(H,26,27)(H,25,28,30). The maximum absolute atomic E-state index is 14.0. The van der Waals surface area contributed by atoms with E-state index in [-0.39, 0.29) is 33.7 Å². The van der Waals surface area contributed by atoms with Crippen LogP contribution in [-0.4, -0.2) is 25.9 Å². The third-order valence-electron chi connectivity index (χ3n) is 4.50. The van der Waals surface area contributed by atoms with Gasteiger partial charge in [-0.15, -0.1) is 0 Å². The number of rotatable bonds is 5. The molecular formula is C21H16Cl2FN5O. The predicted molar refractivity (Wildman–Crippen MR) is 114 cm³/mol. The topological polar surface area (TPSA) is 75.6 Å². The fraction of sp³-hybridized carbons (Fsp3) is 0.0952. The van der Waals surface area contributed by atoms with E-state index in [0.717, 1.165) is 11.1 Å². The molecule has 0 saturated heterocycles. The molecule has 2 aromatic carbocycles. The summed E-state index contributed by atoms with van der Waals surface area (Å²) in [5, 5.41) is 14.3. The minimum Gasteiger partial charge on any atom is -0.302 e. The van der Waals surface area contributed by atoms with Gasteiger partial charge in [0.1, 0.15) is 16.5 Å². The summed E-state index contributed by atoms with van der Waals surface area (Å²) in [5.74, 6) is -0.738. The Morgan fingerprint density at radius 1 is 1.17 bits per heavy atom. The normalized spacial score (nSPS) is 10.9. The number of carbonyl (C=O) groups is 1. The predicted octanol–water partition coefficient (Wildman–Crippen LogP) is 5.33. The van der Waals surface area contributed by atoms with Crippen molar-refractivity contribution in [1.82, 2.24) is 20.0 Å². The third-order valence-corrected chi connectivity index (χ3v) is 5.13. The number of hydrogen-bond donors (Lipinski definition) is 2. The van der Waals surface area contributed by atoms with E-state index in [0.29, 0.717) is 5.69 Å². The lowest BCUT2D eigenvalue weighted by Gasteiger charge is -2.05. The van der Waals surface area contributed by atoms with Crippen LogP contribution < -0.4 is 5.32 Å². The summed E-state index contributed by atoms with van der Waals surface area (Å²) in [6, 6.07) is 13.9. The number of aromatic amines is 1. The molecule has 0 aliphatic heterocycles. The second kappa shape index (κ2) is 8.30. The van der Waals surface area contributed by atoms with Crippen molar-refractivity contribution in [3.63, 3.8) is 0 Å². The highest BCUT2D eigenvalue weighted by Gasteiger charge is 2.16. The van der Waals surface area contributed by atoms with Gasteiger partial charge in [0.05, 0.1) is 12.2 Å². The number of amides is 1. The summed E-state index contributed by atoms with van der Waals surface area (Å²) in [6.07, 6.45) is 1.49. The fourth-order valence-corrected chi connectivity index (χ4v) is 3.31. The highest BCUT2D eigenvalue weighted by molar-refractivity contribution is 6.33. The van der Waals surface area contributed by atoms with E-state index < -0.39 is 11.7 Å². The highest BCUT2D eigenvalue weighted by atomic mass is 35.5. The number of halogens is 3. The van der Waals surface area contributed by atoms with Gasteiger partial charge in [-0.1, -0.05) is 59.1 Å². The van der Waals surface area contributed by atoms with E-state index in [1.807, 2.05) is 31.2 Å². The molecule has 0 unspecified atom stereocenters. The van der Waals surface area contributed by atoms with Crippen LogP contribution >= 0.6 is 23.2 Å². The molecule has 4 rings (SSSR count). The summed E-state index contributed by atoms with van der Waals surface area (Å²) in [6.45, 7) is 2.07. The Morgan fingerprint density at radius 2 is 1.93 bits per heavy atom. The quantitative estimate of drug-likeness (QED) is 0.437. The first-order valence-electron chi connectivity index (χ1n) is 9.00. The molecule has 0 fully saturated rings. The molecule has 2 N–H and O–H groups in total. The lowest BCUT2D eigenvalue weighted by molar-refractivity contribution is 0.102. The Hall–Kier alpha value is -3.16. The number of anilines is 1. The van der Waals surface area contributed by atoms with Crippen molar-refractivity contribution in [2.45, 2.75) is 13.5 Å². The van der Waals surface area contributed by atoms with Gasteiger partial charge in [-0.3, -0.25) is 14.6 Å². The van der Waals surface area contributed by atoms with Crippen LogP contribution in [0.5, 0.6) is 0 Å². The fourth-order valence-electron chi connectivity index (χ4n) is 2.89. The number of benzene rings is 2. The van der Waals surface area contributed by atoms with Crippen molar-refractivity contribution in [2.75, 3.05) is 5.32 Å². The monoisotopic (exact) mass is 443 g/mol. The van der Waals surface area contributed by atoms with E-state index in [9.17, 15) is 9.18 Å². The van der Waals surface area contributed by atoms with Crippen molar-refractivity contribution in [2.24, 2.45) is 0 Å². The van der Waals surface area contributed by atoms with Crippen molar-refractivity contribution in [3.05, 3.63) is 87.4 Å². The average molecular weight is 444 g/mol. The SMILES string of the molecule is Cc1ccc(-c2cc(C(=O)Nc3nn(Cc4c(F)cccc4Cl)cc3Cl)[nH]n2)cc1. The Labute approximate surface area is 181 Å². The van der Waals surface area contributed by atoms with E-state index >= 15 is 0 Å². The first-order valence-corrected chi connectivity index (χ1v) is 9.76. The van der Waals surface area contributed by atoms with Crippen LogP contribution in [0.25, 0.3) is 11.3 Å². The number of aryl methyl sites for hydroxylation is 1. The molecule has 2 heterocycles. The van der Waals surface area contributed by atoms with Crippen molar-refractivity contribution in [3.8, 4) is 11.3 Å². The molecule has 0 aliphatic rings. The molecular weight excluding hydrogens is 428 g/mol. The van der Waals surface area contributed by atoms with Crippen LogP contribution in [0.4, 0.5) is 10.2 Å². The molecule has 152 valence electrons. The van der Waals surface area contributed by atoms with E-state index in [2.05, 4.69) is 20.6 Å². The molecule has 1 amide bonds. The van der Waals surface area contributed by atoms with E-state index in [1.54, 1.807) is 12.1 Å². The summed E-state index contributed by atoms with van der Waals surface area (Å²) in [7, 11) is 0. The number of carbonyl (C=O) groups excluding carboxylic acids is 1. The lowest BCUT2D eigenvalue weighted by atomic mass is 10.1. The molecule has 30 heavy (non-hydrogen) atoms. The highest BCUT2D eigenvalue weighted by Crippen LogP contribution is 2.24. The summed E-state index contributed by atoms with van der Waals surface area (Å²) < 4.78 is 15.4. The Kier molecular flexibility index (Phi) is 5.57. The minimum absolute atomic E-state index is 0.0721. The van der Waals surface area contributed by atoms with Crippen LogP contribution in [0.1, 0.15) is 21.6 Å². The largest absolute Gasteiger partial charge is 0.302 e. The zero-order chi connectivity index (χ0) is 21.3. The molecule has 0 bridgehead atoms. The van der Waals surface area contributed by atoms with Gasteiger partial charge in [0.25, 0.3) is 5.91 Å². The van der Waals surface area contributed by atoms with Gasteiger partial charge in [-0.25, -0.2) is 4.39 Å². The van der Waals surface area contributed by atoms with Gasteiger partial charge >= 0.3 is 0 Å². The first kappa shape index (κ1) is 20.1. The summed E-state index contributed by atoms with van der Waals surface area (Å²) in [4.78, 5) is 12.6. The number of aromatic nitrogens is 4. The third kappa shape index (κ3) is 4.22. The number of hydrogen-bond acceptors (Lipinski definition) is 3. The molecule has 0 radical (unpaired) electrons. The summed E-state index contributed by atoms with van der Waals surface area (Å²) >= 11 is 12.2.